The molecule has 2 unspecified atom stereocenters. The Hall–Kier alpha value is -2.43. The first-order valence-electron chi connectivity index (χ1n) is 9.64. The second kappa shape index (κ2) is 7.90. The molecule has 0 aromatic heterocycles. The maximum absolute atomic E-state index is 14.4. The Labute approximate surface area is 165 Å². The summed E-state index contributed by atoms with van der Waals surface area (Å²) in [6.07, 6.45) is 2.59. The molecule has 3 nitrogen and oxygen atoms in total. The molecule has 0 spiro atoms. The minimum Gasteiger partial charge on any atom is -0.489 e. The smallest absolute Gasteiger partial charge is 0.127 e. The fourth-order valence-corrected chi connectivity index (χ4v) is 4.32. The molecule has 1 saturated carbocycles. The van der Waals surface area contributed by atoms with Crippen molar-refractivity contribution in [3.63, 3.8) is 0 Å². The zero-order valence-electron chi connectivity index (χ0n) is 16.3. The summed E-state index contributed by atoms with van der Waals surface area (Å²) >= 11 is 0. The van der Waals surface area contributed by atoms with E-state index in [1.165, 1.54) is 17.5 Å². The molecule has 1 aliphatic carbocycles. The summed E-state index contributed by atoms with van der Waals surface area (Å²) in [5.41, 5.74) is 1.19. The van der Waals surface area contributed by atoms with Gasteiger partial charge in [-0.2, -0.15) is 0 Å². The van der Waals surface area contributed by atoms with Crippen molar-refractivity contribution in [2.75, 3.05) is 14.2 Å². The van der Waals surface area contributed by atoms with Gasteiger partial charge in [0.2, 0.25) is 0 Å². The molecule has 0 saturated heterocycles. The van der Waals surface area contributed by atoms with E-state index in [4.69, 9.17) is 14.2 Å². The number of hydrogen-bond acceptors (Lipinski definition) is 3. The first-order chi connectivity index (χ1) is 13.6. The van der Waals surface area contributed by atoms with E-state index < -0.39 is 5.60 Å². The Morgan fingerprint density at radius 2 is 1.82 bits per heavy atom. The Morgan fingerprint density at radius 3 is 2.61 bits per heavy atom. The van der Waals surface area contributed by atoms with Crippen molar-refractivity contribution in [3.8, 4) is 5.75 Å². The summed E-state index contributed by atoms with van der Waals surface area (Å²) < 4.78 is 31.8. The van der Waals surface area contributed by atoms with Crippen LogP contribution in [-0.2, 0) is 21.7 Å². The molecule has 0 amide bonds. The second-order valence-corrected chi connectivity index (χ2v) is 7.36. The van der Waals surface area contributed by atoms with Gasteiger partial charge in [0.15, 0.2) is 0 Å². The van der Waals surface area contributed by atoms with Crippen LogP contribution >= 0.6 is 0 Å². The van der Waals surface area contributed by atoms with Crippen LogP contribution in [0.4, 0.5) is 4.39 Å². The van der Waals surface area contributed by atoms with Crippen LogP contribution < -0.4 is 4.74 Å². The van der Waals surface area contributed by atoms with Gasteiger partial charge in [0, 0.05) is 20.3 Å². The van der Waals surface area contributed by atoms with Crippen molar-refractivity contribution in [3.05, 3.63) is 77.6 Å². The average Bonchev–Trinajstić information content (AvgIpc) is 3.16. The van der Waals surface area contributed by atoms with Crippen LogP contribution in [0.1, 0.15) is 30.4 Å². The fourth-order valence-electron chi connectivity index (χ4n) is 4.32. The lowest BCUT2D eigenvalue weighted by atomic mass is 9.89. The molecule has 0 radical (unpaired) electrons. The van der Waals surface area contributed by atoms with Gasteiger partial charge in [-0.25, -0.2) is 4.39 Å². The summed E-state index contributed by atoms with van der Waals surface area (Å²) in [5, 5.41) is 2.35. The molecule has 4 heteroatoms. The minimum atomic E-state index is -0.627. The molecule has 2 atom stereocenters. The largest absolute Gasteiger partial charge is 0.489 e. The third-order valence-corrected chi connectivity index (χ3v) is 5.76. The summed E-state index contributed by atoms with van der Waals surface area (Å²) in [5.74, 6) is 0.172. The highest BCUT2D eigenvalue weighted by Crippen LogP contribution is 2.44. The number of methoxy groups -OCH3 is 2. The molecule has 3 aromatic carbocycles. The van der Waals surface area contributed by atoms with Crippen LogP contribution in [0.3, 0.4) is 0 Å². The van der Waals surface area contributed by atoms with Crippen molar-refractivity contribution in [2.45, 2.75) is 37.6 Å². The van der Waals surface area contributed by atoms with Gasteiger partial charge in [-0.05, 0) is 59.4 Å². The van der Waals surface area contributed by atoms with Crippen LogP contribution in [0.5, 0.6) is 5.75 Å². The van der Waals surface area contributed by atoms with Crippen LogP contribution in [0.15, 0.2) is 60.7 Å². The van der Waals surface area contributed by atoms with Crippen molar-refractivity contribution >= 4 is 10.8 Å². The zero-order valence-corrected chi connectivity index (χ0v) is 16.3. The maximum atomic E-state index is 14.4. The van der Waals surface area contributed by atoms with E-state index in [9.17, 15) is 4.39 Å². The lowest BCUT2D eigenvalue weighted by molar-refractivity contribution is -0.104. The van der Waals surface area contributed by atoms with Gasteiger partial charge in [0.1, 0.15) is 23.8 Å². The highest BCUT2D eigenvalue weighted by Gasteiger charge is 2.45. The van der Waals surface area contributed by atoms with E-state index in [0.29, 0.717) is 12.4 Å². The van der Waals surface area contributed by atoms with Crippen molar-refractivity contribution in [2.24, 2.45) is 0 Å². The zero-order chi connectivity index (χ0) is 19.6. The van der Waals surface area contributed by atoms with Crippen LogP contribution in [0.2, 0.25) is 0 Å². The van der Waals surface area contributed by atoms with Gasteiger partial charge >= 0.3 is 0 Å². The number of benzene rings is 3. The van der Waals surface area contributed by atoms with Gasteiger partial charge < -0.3 is 14.2 Å². The fraction of sp³-hybridized carbons (Fsp3) is 0.333. The van der Waals surface area contributed by atoms with E-state index in [1.54, 1.807) is 14.2 Å². The maximum Gasteiger partial charge on any atom is 0.127 e. The van der Waals surface area contributed by atoms with E-state index in [0.717, 1.165) is 35.8 Å². The van der Waals surface area contributed by atoms with Gasteiger partial charge in [0.05, 0.1) is 6.10 Å². The SMILES string of the molecule is COC1CCCC1(OC)c1cc(F)cc(OCc2ccc3ccccc3c2)c1. The molecular formula is C24H25FO3. The van der Waals surface area contributed by atoms with Gasteiger partial charge in [0.25, 0.3) is 0 Å². The number of ether oxygens (including phenoxy) is 3. The van der Waals surface area contributed by atoms with E-state index in [2.05, 4.69) is 24.3 Å². The molecule has 4 rings (SSSR count). The third kappa shape index (κ3) is 3.50. The predicted molar refractivity (Wildman–Crippen MR) is 108 cm³/mol. The summed E-state index contributed by atoms with van der Waals surface area (Å²) in [6, 6.07) is 19.2. The molecule has 0 heterocycles. The van der Waals surface area contributed by atoms with Crippen molar-refractivity contribution in [1.29, 1.82) is 0 Å². The Kier molecular flexibility index (Phi) is 5.33. The van der Waals surface area contributed by atoms with E-state index in [-0.39, 0.29) is 11.9 Å². The number of rotatable bonds is 6. The summed E-state index contributed by atoms with van der Waals surface area (Å²) in [4.78, 5) is 0. The Bertz CT molecular complexity index is 971. The first kappa shape index (κ1) is 18.9. The molecule has 3 aromatic rings. The summed E-state index contributed by atoms with van der Waals surface area (Å²) in [7, 11) is 3.35. The standard InChI is InChI=1S/C24H25FO3/c1-26-23-8-5-11-24(23,27-2)20-13-21(25)15-22(14-20)28-16-17-9-10-18-6-3-4-7-19(18)12-17/h3-4,6-7,9-10,12-15,23H,5,8,11,16H2,1-2H3. The van der Waals surface area contributed by atoms with E-state index >= 15 is 0 Å². The molecular weight excluding hydrogens is 355 g/mol. The molecule has 0 bridgehead atoms. The molecule has 28 heavy (non-hydrogen) atoms. The third-order valence-electron chi connectivity index (χ3n) is 5.76. The highest BCUT2D eigenvalue weighted by molar-refractivity contribution is 5.82. The molecule has 0 N–H and O–H groups in total. The molecule has 146 valence electrons. The quantitative estimate of drug-likeness (QED) is 0.557. The lowest BCUT2D eigenvalue weighted by Gasteiger charge is -2.34. The van der Waals surface area contributed by atoms with Crippen LogP contribution in [0, 0.1) is 5.82 Å². The molecule has 0 aliphatic heterocycles. The predicted octanol–water partition coefficient (Wildman–Crippen LogP) is 5.60. The number of halogens is 1. The topological polar surface area (TPSA) is 27.7 Å². The van der Waals surface area contributed by atoms with Gasteiger partial charge in [-0.1, -0.05) is 36.4 Å². The van der Waals surface area contributed by atoms with Crippen molar-refractivity contribution in [1.82, 2.24) is 0 Å². The molecule has 1 fully saturated rings. The average molecular weight is 380 g/mol. The first-order valence-corrected chi connectivity index (χ1v) is 9.64. The lowest BCUT2D eigenvalue weighted by Crippen LogP contribution is -2.38. The normalized spacial score (nSPS) is 21.9. The van der Waals surface area contributed by atoms with Crippen LogP contribution in [0.25, 0.3) is 10.8 Å². The van der Waals surface area contributed by atoms with Gasteiger partial charge in [-0.3, -0.25) is 0 Å². The summed E-state index contributed by atoms with van der Waals surface area (Å²) in [6.45, 7) is 0.376. The van der Waals surface area contributed by atoms with E-state index in [1.807, 2.05) is 24.3 Å². The van der Waals surface area contributed by atoms with Crippen molar-refractivity contribution < 1.29 is 18.6 Å². The van der Waals surface area contributed by atoms with Gasteiger partial charge in [-0.15, -0.1) is 0 Å². The number of hydrogen-bond donors (Lipinski definition) is 0. The second-order valence-electron chi connectivity index (χ2n) is 7.36. The Morgan fingerprint density at radius 1 is 1.00 bits per heavy atom. The number of fused-ring (bicyclic) bond motifs is 1. The monoisotopic (exact) mass is 380 g/mol. The highest BCUT2D eigenvalue weighted by atomic mass is 19.1. The molecule has 1 aliphatic rings. The Balaban J connectivity index is 1.58. The minimum absolute atomic E-state index is 0.0902. The van der Waals surface area contributed by atoms with Crippen LogP contribution in [-0.4, -0.2) is 20.3 Å².